The SMILES string of the molecule is F[SiH2]C[SiH3]. The maximum Gasteiger partial charge on any atom is 0.213 e. The monoisotopic (exact) mass is 94.0 g/mol. The lowest BCUT2D eigenvalue weighted by Crippen LogP contribution is -1.71. The third kappa shape index (κ3) is 2.36. The average Bonchev–Trinajstić information content (AvgIpc) is 1.37. The van der Waals surface area contributed by atoms with Gasteiger partial charge in [0, 0.05) is 10.2 Å². The molecule has 0 bridgehead atoms. The summed E-state index contributed by atoms with van der Waals surface area (Å²) in [6, 6.07) is 0. The van der Waals surface area contributed by atoms with Crippen molar-refractivity contribution in [1.29, 1.82) is 0 Å². The highest BCUT2D eigenvalue weighted by Gasteiger charge is 1.65. The van der Waals surface area contributed by atoms with Gasteiger partial charge in [-0.25, -0.2) is 0 Å². The Morgan fingerprint density at radius 1 is 2.00 bits per heavy atom. The second kappa shape index (κ2) is 3.36. The summed E-state index contributed by atoms with van der Waals surface area (Å²) in [7, 11) is 0.0625. The molecule has 0 aromatic heterocycles. The van der Waals surface area contributed by atoms with Crippen molar-refractivity contribution in [2.45, 2.75) is 5.67 Å². The van der Waals surface area contributed by atoms with Gasteiger partial charge in [-0.1, -0.05) is 0 Å². The molecule has 0 N–H and O–H groups in total. The van der Waals surface area contributed by atoms with Gasteiger partial charge in [-0.2, -0.15) is 0 Å². The van der Waals surface area contributed by atoms with E-state index in [1.165, 1.54) is 0 Å². The van der Waals surface area contributed by atoms with Crippen molar-refractivity contribution in [3.63, 3.8) is 0 Å². The Morgan fingerprint density at radius 2 is 2.25 bits per heavy atom. The smallest absolute Gasteiger partial charge is 0.213 e. The van der Waals surface area contributed by atoms with Crippen LogP contribution in [0.3, 0.4) is 0 Å². The van der Waals surface area contributed by atoms with Crippen LogP contribution in [0.15, 0.2) is 0 Å². The lowest BCUT2D eigenvalue weighted by Gasteiger charge is -1.61. The molecule has 4 heavy (non-hydrogen) atoms. The van der Waals surface area contributed by atoms with Gasteiger partial charge in [0.15, 0.2) is 0 Å². The Morgan fingerprint density at radius 3 is 2.25 bits per heavy atom. The molecule has 0 unspecified atom stereocenters. The summed E-state index contributed by atoms with van der Waals surface area (Å²) in [6.45, 7) is 0. The van der Waals surface area contributed by atoms with Crippen molar-refractivity contribution >= 4 is 20.1 Å². The molecule has 0 aliphatic rings. The highest BCUT2D eigenvalue weighted by Crippen LogP contribution is 1.60. The topological polar surface area (TPSA) is 0 Å². The molecule has 0 nitrogen and oxygen atoms in total. The molecule has 0 aromatic rings. The van der Waals surface area contributed by atoms with Gasteiger partial charge in [-0.15, -0.1) is 0 Å². The molecular weight excluding hydrogens is 87.2 g/mol. The van der Waals surface area contributed by atoms with Crippen molar-refractivity contribution in [3.05, 3.63) is 0 Å². The summed E-state index contributed by atoms with van der Waals surface area (Å²) < 4.78 is 10.9. The van der Waals surface area contributed by atoms with Gasteiger partial charge in [-0.05, 0) is 5.67 Å². The van der Waals surface area contributed by atoms with E-state index < -0.39 is 9.85 Å². The van der Waals surface area contributed by atoms with Crippen LogP contribution in [0, 0.1) is 0 Å². The number of hydrogen-bond donors (Lipinski definition) is 0. The maximum absolute atomic E-state index is 10.9. The van der Waals surface area contributed by atoms with Crippen molar-refractivity contribution in [1.82, 2.24) is 0 Å². The van der Waals surface area contributed by atoms with Crippen LogP contribution in [0.5, 0.6) is 0 Å². The molecule has 0 fully saturated rings. The predicted molar refractivity (Wildman–Crippen MR) is 24.4 cm³/mol. The van der Waals surface area contributed by atoms with Crippen molar-refractivity contribution in [2.75, 3.05) is 0 Å². The maximum atomic E-state index is 10.9. The van der Waals surface area contributed by atoms with E-state index >= 15 is 0 Å². The first-order valence-electron chi connectivity index (χ1n) is 1.47. The normalized spacial score (nSPS) is 11.2. The Bertz CT molecular complexity index is 8.00. The second-order valence-corrected chi connectivity index (χ2v) is 5.07. The van der Waals surface area contributed by atoms with Crippen LogP contribution >= 0.6 is 0 Å². The van der Waals surface area contributed by atoms with Gasteiger partial charge in [0.1, 0.15) is 0 Å². The summed E-state index contributed by atoms with van der Waals surface area (Å²) in [5.41, 5.74) is 0.931. The molecule has 3 heteroatoms. The van der Waals surface area contributed by atoms with Crippen LogP contribution in [-0.2, 0) is 0 Å². The fraction of sp³-hybridized carbons (Fsp3) is 1.00. The Kier molecular flexibility index (Phi) is 3.67. The zero-order valence-electron chi connectivity index (χ0n) is 2.79. The first-order valence-corrected chi connectivity index (χ1v) is 4.42. The minimum Gasteiger partial charge on any atom is -0.323 e. The van der Waals surface area contributed by atoms with Crippen molar-refractivity contribution in [2.24, 2.45) is 0 Å². The van der Waals surface area contributed by atoms with Gasteiger partial charge in [-0.3, -0.25) is 0 Å². The molecule has 26 valence electrons. The molecule has 0 heterocycles. The van der Waals surface area contributed by atoms with Gasteiger partial charge < -0.3 is 4.11 Å². The largest absolute Gasteiger partial charge is 0.323 e. The van der Waals surface area contributed by atoms with E-state index in [9.17, 15) is 4.11 Å². The van der Waals surface area contributed by atoms with E-state index in [0.717, 1.165) is 15.9 Å². The van der Waals surface area contributed by atoms with E-state index in [2.05, 4.69) is 0 Å². The predicted octanol–water partition coefficient (Wildman–Crippen LogP) is -1.22. The first-order chi connectivity index (χ1) is 1.91. The summed E-state index contributed by atoms with van der Waals surface area (Å²) in [6.07, 6.45) is 0. The van der Waals surface area contributed by atoms with Crippen LogP contribution in [0.1, 0.15) is 0 Å². The Hall–Kier alpha value is 0.364. The van der Waals surface area contributed by atoms with Crippen LogP contribution in [0.4, 0.5) is 4.11 Å². The molecule has 0 aliphatic carbocycles. The Labute approximate surface area is 30.8 Å². The highest BCUT2D eigenvalue weighted by atomic mass is 28.3. The molecule has 0 aliphatic heterocycles. The zero-order chi connectivity index (χ0) is 3.41. The van der Waals surface area contributed by atoms with Crippen LogP contribution in [-0.4, -0.2) is 20.1 Å². The first kappa shape index (κ1) is 4.36. The fourth-order valence-electron chi connectivity index (χ4n) is 0. The van der Waals surface area contributed by atoms with Crippen LogP contribution in [0.2, 0.25) is 5.67 Å². The summed E-state index contributed by atoms with van der Waals surface area (Å²) in [5, 5.41) is 0. The molecule has 0 saturated heterocycles. The second-order valence-electron chi connectivity index (χ2n) is 0.689. The summed E-state index contributed by atoms with van der Waals surface area (Å²) in [5.74, 6) is 0. The van der Waals surface area contributed by atoms with E-state index in [4.69, 9.17) is 0 Å². The van der Waals surface area contributed by atoms with Gasteiger partial charge in [0.2, 0.25) is 9.85 Å². The average molecular weight is 94.2 g/mol. The summed E-state index contributed by atoms with van der Waals surface area (Å²) in [4.78, 5) is 0. The molecule has 0 amide bonds. The van der Waals surface area contributed by atoms with E-state index in [0.29, 0.717) is 0 Å². The highest BCUT2D eigenvalue weighted by molar-refractivity contribution is 6.40. The molecule has 0 radical (unpaired) electrons. The minimum absolute atomic E-state index is 0.931. The van der Waals surface area contributed by atoms with Gasteiger partial charge in [0.05, 0.1) is 0 Å². The number of halogens is 1. The van der Waals surface area contributed by atoms with Gasteiger partial charge in [0.25, 0.3) is 0 Å². The molecule has 0 spiro atoms. The minimum atomic E-state index is -1.01. The third-order valence-electron chi connectivity index (χ3n) is 0.189. The van der Waals surface area contributed by atoms with Crippen molar-refractivity contribution < 1.29 is 4.11 Å². The molecule has 0 rings (SSSR count). The Balaban J connectivity index is 1.97. The number of rotatable bonds is 1. The molecule has 0 saturated carbocycles. The number of hydrogen-bond acceptors (Lipinski definition) is 0. The fourth-order valence-corrected chi connectivity index (χ4v) is 0. The van der Waals surface area contributed by atoms with E-state index in [1.54, 1.807) is 0 Å². The zero-order valence-corrected chi connectivity index (χ0v) is 6.21. The lowest BCUT2D eigenvalue weighted by atomic mass is 11.9. The van der Waals surface area contributed by atoms with Crippen molar-refractivity contribution in [3.8, 4) is 0 Å². The van der Waals surface area contributed by atoms with E-state index in [1.807, 2.05) is 0 Å². The lowest BCUT2D eigenvalue weighted by molar-refractivity contribution is 0.874. The third-order valence-corrected chi connectivity index (χ3v) is 1.70. The molecule has 0 atom stereocenters. The molecular formula is CH7FSi2. The summed E-state index contributed by atoms with van der Waals surface area (Å²) >= 11 is 0. The quantitative estimate of drug-likeness (QED) is 0.282. The van der Waals surface area contributed by atoms with Crippen LogP contribution < -0.4 is 0 Å². The van der Waals surface area contributed by atoms with E-state index in [-0.39, 0.29) is 0 Å². The molecule has 0 aromatic carbocycles. The van der Waals surface area contributed by atoms with Gasteiger partial charge >= 0.3 is 0 Å². The standard InChI is InChI=1S/CH7FSi2/c2-4-1-3/h1,4H2,3H3. The van der Waals surface area contributed by atoms with Crippen LogP contribution in [0.25, 0.3) is 0 Å².